The standard InChI is InChI=1S/C23H20FNO5/c1-28-15-5-2-4-13(10-15)20-19-21(26)17-11-14(24)7-8-18(17)30-22(19)23(27)25(20)12-16-6-3-9-29-16/h2,4-5,7-8,10-11,16,20H,3,6,9,12H2,1H3/t16-,20+/m0/s1. The van der Waals surface area contributed by atoms with Crippen molar-refractivity contribution in [2.24, 2.45) is 0 Å². The van der Waals surface area contributed by atoms with Crippen molar-refractivity contribution in [3.63, 3.8) is 0 Å². The fourth-order valence-corrected chi connectivity index (χ4v) is 4.35. The van der Waals surface area contributed by atoms with Gasteiger partial charge < -0.3 is 18.8 Å². The van der Waals surface area contributed by atoms with Gasteiger partial charge in [-0.3, -0.25) is 9.59 Å². The van der Waals surface area contributed by atoms with E-state index in [1.165, 1.54) is 12.1 Å². The lowest BCUT2D eigenvalue weighted by Crippen LogP contribution is -2.36. The van der Waals surface area contributed by atoms with Crippen molar-refractivity contribution in [1.29, 1.82) is 0 Å². The van der Waals surface area contributed by atoms with Crippen LogP contribution in [-0.4, -0.2) is 37.2 Å². The molecular weight excluding hydrogens is 389 g/mol. The Kier molecular flexibility index (Phi) is 4.55. The van der Waals surface area contributed by atoms with Crippen molar-refractivity contribution in [3.05, 3.63) is 75.4 Å². The van der Waals surface area contributed by atoms with E-state index >= 15 is 0 Å². The number of hydrogen-bond acceptors (Lipinski definition) is 5. The lowest BCUT2D eigenvalue weighted by molar-refractivity contribution is 0.0486. The molecule has 1 fully saturated rings. The molecule has 1 aromatic heterocycles. The van der Waals surface area contributed by atoms with Gasteiger partial charge in [0.15, 0.2) is 5.43 Å². The number of carbonyl (C=O) groups excluding carboxylic acids is 1. The number of nitrogens with zero attached hydrogens (tertiary/aromatic N) is 1. The highest BCUT2D eigenvalue weighted by Crippen LogP contribution is 2.39. The molecule has 1 saturated heterocycles. The summed E-state index contributed by atoms with van der Waals surface area (Å²) in [4.78, 5) is 28.3. The van der Waals surface area contributed by atoms with Crippen LogP contribution in [0.4, 0.5) is 4.39 Å². The van der Waals surface area contributed by atoms with Crippen molar-refractivity contribution >= 4 is 16.9 Å². The average molecular weight is 409 g/mol. The molecule has 2 atom stereocenters. The predicted molar refractivity (Wildman–Crippen MR) is 107 cm³/mol. The van der Waals surface area contributed by atoms with Crippen LogP contribution in [-0.2, 0) is 4.74 Å². The van der Waals surface area contributed by atoms with Gasteiger partial charge >= 0.3 is 0 Å². The van der Waals surface area contributed by atoms with Gasteiger partial charge in [0, 0.05) is 13.2 Å². The molecule has 0 aliphatic carbocycles. The second kappa shape index (κ2) is 7.25. The number of ether oxygens (including phenoxy) is 2. The lowest BCUT2D eigenvalue weighted by atomic mass is 9.98. The molecule has 2 aliphatic heterocycles. The fraction of sp³-hybridized carbons (Fsp3) is 0.304. The summed E-state index contributed by atoms with van der Waals surface area (Å²) in [5.41, 5.74) is 0.741. The van der Waals surface area contributed by atoms with Crippen molar-refractivity contribution in [2.45, 2.75) is 25.0 Å². The monoisotopic (exact) mass is 409 g/mol. The van der Waals surface area contributed by atoms with Gasteiger partial charge in [-0.25, -0.2) is 4.39 Å². The number of amides is 1. The second-order valence-electron chi connectivity index (χ2n) is 7.59. The van der Waals surface area contributed by atoms with Gasteiger partial charge in [-0.15, -0.1) is 0 Å². The third-order valence-corrected chi connectivity index (χ3v) is 5.76. The minimum Gasteiger partial charge on any atom is -0.497 e. The van der Waals surface area contributed by atoms with Gasteiger partial charge in [-0.1, -0.05) is 12.1 Å². The molecule has 0 saturated carbocycles. The van der Waals surface area contributed by atoms with Gasteiger partial charge in [0.2, 0.25) is 5.76 Å². The van der Waals surface area contributed by atoms with Crippen LogP contribution in [0.1, 0.15) is 40.6 Å². The van der Waals surface area contributed by atoms with Gasteiger partial charge in [-0.05, 0) is 48.7 Å². The summed E-state index contributed by atoms with van der Waals surface area (Å²) in [6.45, 7) is 0.999. The topological polar surface area (TPSA) is 69.0 Å². The minimum absolute atomic E-state index is 0.00456. The van der Waals surface area contributed by atoms with E-state index in [2.05, 4.69) is 0 Å². The second-order valence-corrected chi connectivity index (χ2v) is 7.59. The maximum atomic E-state index is 13.8. The Morgan fingerprint density at radius 2 is 2.07 bits per heavy atom. The molecule has 0 radical (unpaired) electrons. The Hall–Kier alpha value is -3.19. The molecule has 5 rings (SSSR count). The molecule has 0 N–H and O–H groups in total. The van der Waals surface area contributed by atoms with Crippen LogP contribution in [0.2, 0.25) is 0 Å². The molecule has 0 unspecified atom stereocenters. The highest BCUT2D eigenvalue weighted by molar-refractivity contribution is 5.99. The first-order chi connectivity index (χ1) is 14.6. The SMILES string of the molecule is COc1cccc([C@@H]2c3c(oc4ccc(F)cc4c3=O)C(=O)N2C[C@@H]2CCCO2)c1. The van der Waals surface area contributed by atoms with Crippen LogP contribution in [0.25, 0.3) is 11.0 Å². The van der Waals surface area contributed by atoms with Gasteiger partial charge in [-0.2, -0.15) is 0 Å². The normalized spacial score (nSPS) is 20.7. The molecule has 3 aromatic rings. The van der Waals surface area contributed by atoms with Crippen molar-refractivity contribution in [1.82, 2.24) is 4.90 Å². The van der Waals surface area contributed by atoms with Crippen LogP contribution >= 0.6 is 0 Å². The molecule has 0 bridgehead atoms. The summed E-state index contributed by atoms with van der Waals surface area (Å²) in [7, 11) is 1.56. The third-order valence-electron chi connectivity index (χ3n) is 5.76. The Balaban J connectivity index is 1.71. The molecule has 6 nitrogen and oxygen atoms in total. The molecule has 0 spiro atoms. The van der Waals surface area contributed by atoms with Gasteiger partial charge in [0.05, 0.1) is 30.2 Å². The summed E-state index contributed by atoms with van der Waals surface area (Å²) in [6, 6.07) is 10.3. The number of carbonyl (C=O) groups is 1. The van der Waals surface area contributed by atoms with Crippen LogP contribution in [0.5, 0.6) is 5.75 Å². The first-order valence-corrected chi connectivity index (χ1v) is 9.89. The number of methoxy groups -OCH3 is 1. The van der Waals surface area contributed by atoms with Crippen LogP contribution < -0.4 is 10.2 Å². The number of hydrogen-bond donors (Lipinski definition) is 0. The molecule has 2 aliphatic rings. The Labute approximate surface area is 171 Å². The molecule has 3 heterocycles. The van der Waals surface area contributed by atoms with E-state index in [1.54, 1.807) is 24.1 Å². The summed E-state index contributed by atoms with van der Waals surface area (Å²) in [5, 5.41) is 0.119. The van der Waals surface area contributed by atoms with E-state index in [4.69, 9.17) is 13.9 Å². The Bertz CT molecular complexity index is 1200. The number of fused-ring (bicyclic) bond motifs is 2. The van der Waals surface area contributed by atoms with Gasteiger partial charge in [0.1, 0.15) is 17.1 Å². The quantitative estimate of drug-likeness (QED) is 0.658. The maximum absolute atomic E-state index is 13.8. The third kappa shape index (κ3) is 2.97. The minimum atomic E-state index is -0.657. The zero-order valence-electron chi connectivity index (χ0n) is 16.4. The highest BCUT2D eigenvalue weighted by Gasteiger charge is 2.44. The van der Waals surface area contributed by atoms with Crippen LogP contribution in [0.15, 0.2) is 51.7 Å². The van der Waals surface area contributed by atoms with E-state index in [-0.39, 0.29) is 34.3 Å². The van der Waals surface area contributed by atoms with Crippen molar-refractivity contribution < 1.29 is 23.1 Å². The summed E-state index contributed by atoms with van der Waals surface area (Å²) < 4.78 is 30.7. The van der Waals surface area contributed by atoms with E-state index in [9.17, 15) is 14.0 Å². The van der Waals surface area contributed by atoms with Gasteiger partial charge in [0.25, 0.3) is 5.91 Å². The average Bonchev–Trinajstić information content (AvgIpc) is 3.36. The first kappa shape index (κ1) is 18.8. The molecule has 1 amide bonds. The Morgan fingerprint density at radius 1 is 1.20 bits per heavy atom. The van der Waals surface area contributed by atoms with E-state index in [0.717, 1.165) is 24.5 Å². The summed E-state index contributed by atoms with van der Waals surface area (Å²) in [6.07, 6.45) is 1.68. The molecule has 30 heavy (non-hydrogen) atoms. The van der Waals surface area contributed by atoms with E-state index in [0.29, 0.717) is 18.9 Å². The number of halogens is 1. The maximum Gasteiger partial charge on any atom is 0.291 e. The largest absolute Gasteiger partial charge is 0.497 e. The summed E-state index contributed by atoms with van der Waals surface area (Å²) >= 11 is 0. The van der Waals surface area contributed by atoms with Crippen molar-refractivity contribution in [3.8, 4) is 5.75 Å². The molecule has 2 aromatic carbocycles. The first-order valence-electron chi connectivity index (χ1n) is 9.89. The van der Waals surface area contributed by atoms with Crippen LogP contribution in [0, 0.1) is 5.82 Å². The smallest absolute Gasteiger partial charge is 0.291 e. The number of rotatable bonds is 4. The zero-order chi connectivity index (χ0) is 20.8. The van der Waals surface area contributed by atoms with E-state index in [1.807, 2.05) is 12.1 Å². The highest BCUT2D eigenvalue weighted by atomic mass is 19.1. The molecule has 7 heteroatoms. The fourth-order valence-electron chi connectivity index (χ4n) is 4.35. The number of benzene rings is 2. The van der Waals surface area contributed by atoms with E-state index < -0.39 is 17.3 Å². The van der Waals surface area contributed by atoms with Crippen LogP contribution in [0.3, 0.4) is 0 Å². The molecule has 154 valence electrons. The summed E-state index contributed by atoms with van der Waals surface area (Å²) in [5.74, 6) is -0.281. The lowest BCUT2D eigenvalue weighted by Gasteiger charge is -2.27. The molecular formula is C23H20FNO5. The zero-order valence-corrected chi connectivity index (χ0v) is 16.4. The Morgan fingerprint density at radius 3 is 2.83 bits per heavy atom. The van der Waals surface area contributed by atoms with Crippen molar-refractivity contribution in [2.75, 3.05) is 20.3 Å². The predicted octanol–water partition coefficient (Wildman–Crippen LogP) is 3.66.